The van der Waals surface area contributed by atoms with E-state index in [0.29, 0.717) is 17.8 Å². The summed E-state index contributed by atoms with van der Waals surface area (Å²) in [5.74, 6) is 2.34. The lowest BCUT2D eigenvalue weighted by Gasteiger charge is -2.58. The Morgan fingerprint density at radius 3 is 2.69 bits per heavy atom. The van der Waals surface area contributed by atoms with Crippen molar-refractivity contribution >= 4 is 5.97 Å². The second-order valence-corrected chi connectivity index (χ2v) is 5.86. The minimum absolute atomic E-state index is 0.428. The van der Waals surface area contributed by atoms with Crippen molar-refractivity contribution in [2.45, 2.75) is 39.0 Å². The molecule has 0 aromatic heterocycles. The fraction of sp³-hybridized carbons (Fsp3) is 0.923. The first kappa shape index (κ1) is 11.9. The van der Waals surface area contributed by atoms with E-state index in [1.165, 1.54) is 32.7 Å². The van der Waals surface area contributed by atoms with Crippen LogP contribution in [0.3, 0.4) is 0 Å². The fourth-order valence-electron chi connectivity index (χ4n) is 4.89. The molecule has 3 heteroatoms. The first-order valence-corrected chi connectivity index (χ1v) is 6.41. The number of carboxylic acid groups (broad SMARTS) is 1. The maximum absolute atomic E-state index is 10.8. The normalized spacial score (nSPS) is 47.7. The van der Waals surface area contributed by atoms with Gasteiger partial charge in [-0.2, -0.15) is 0 Å². The summed E-state index contributed by atoms with van der Waals surface area (Å²) in [7, 11) is 1.50. The van der Waals surface area contributed by atoms with Crippen LogP contribution in [0.2, 0.25) is 0 Å². The van der Waals surface area contributed by atoms with Crippen molar-refractivity contribution in [3.63, 3.8) is 0 Å². The van der Waals surface area contributed by atoms with E-state index in [2.05, 4.69) is 12.7 Å². The Hall–Kier alpha value is -0.570. The fourth-order valence-corrected chi connectivity index (χ4v) is 4.89. The average Bonchev–Trinajstić information content (AvgIpc) is 2.40. The van der Waals surface area contributed by atoms with Crippen molar-refractivity contribution in [3.05, 3.63) is 0 Å². The van der Waals surface area contributed by atoms with Crippen LogP contribution in [0.4, 0.5) is 0 Å². The van der Waals surface area contributed by atoms with Gasteiger partial charge in [0.05, 0.1) is 0 Å². The smallest absolute Gasteiger partial charge is 0.303 e. The SMILES string of the molecule is CC12CC3CC[C@@H]1[C@H](CC(=O)O)C2C3.CN. The van der Waals surface area contributed by atoms with E-state index < -0.39 is 5.97 Å². The Morgan fingerprint density at radius 1 is 1.38 bits per heavy atom. The van der Waals surface area contributed by atoms with Gasteiger partial charge in [0.15, 0.2) is 0 Å². The molecule has 0 aromatic rings. The van der Waals surface area contributed by atoms with Gasteiger partial charge in [-0.15, -0.1) is 0 Å². The molecule has 0 aromatic carbocycles. The van der Waals surface area contributed by atoms with Crippen LogP contribution in [0.25, 0.3) is 0 Å². The molecule has 2 bridgehead atoms. The number of rotatable bonds is 2. The summed E-state index contributed by atoms with van der Waals surface area (Å²) >= 11 is 0. The minimum atomic E-state index is -0.590. The lowest BCUT2D eigenvalue weighted by molar-refractivity contribution is -0.150. The van der Waals surface area contributed by atoms with E-state index in [1.807, 2.05) is 0 Å². The van der Waals surface area contributed by atoms with Gasteiger partial charge in [0, 0.05) is 6.42 Å². The molecule has 3 N–H and O–H groups in total. The molecule has 5 atom stereocenters. The minimum Gasteiger partial charge on any atom is -0.481 e. The number of hydrogen-bond donors (Lipinski definition) is 2. The molecule has 92 valence electrons. The highest BCUT2D eigenvalue weighted by Crippen LogP contribution is 2.71. The van der Waals surface area contributed by atoms with Crippen LogP contribution in [0.1, 0.15) is 39.0 Å². The van der Waals surface area contributed by atoms with Crippen LogP contribution >= 0.6 is 0 Å². The van der Waals surface area contributed by atoms with E-state index in [9.17, 15) is 4.79 Å². The number of nitrogens with two attached hydrogens (primary N) is 1. The van der Waals surface area contributed by atoms with Gasteiger partial charge in [-0.05, 0) is 55.4 Å². The molecule has 3 aliphatic carbocycles. The van der Waals surface area contributed by atoms with Crippen molar-refractivity contribution in [3.8, 4) is 0 Å². The van der Waals surface area contributed by atoms with Crippen LogP contribution in [0.15, 0.2) is 0 Å². The van der Waals surface area contributed by atoms with Gasteiger partial charge < -0.3 is 10.8 Å². The molecule has 3 fully saturated rings. The molecule has 0 amide bonds. The van der Waals surface area contributed by atoms with E-state index in [4.69, 9.17) is 5.11 Å². The zero-order valence-electron chi connectivity index (χ0n) is 10.3. The third kappa shape index (κ3) is 1.48. The molecule has 3 aliphatic rings. The summed E-state index contributed by atoms with van der Waals surface area (Å²) in [6.07, 6.45) is 5.81. The van der Waals surface area contributed by atoms with Crippen molar-refractivity contribution in [2.75, 3.05) is 7.05 Å². The molecule has 0 radical (unpaired) electrons. The molecule has 3 rings (SSSR count). The Balaban J connectivity index is 0.000000457. The number of carboxylic acids is 1. The third-order valence-corrected chi connectivity index (χ3v) is 5.34. The van der Waals surface area contributed by atoms with Gasteiger partial charge in [-0.3, -0.25) is 4.79 Å². The van der Waals surface area contributed by atoms with Gasteiger partial charge in [-0.1, -0.05) is 13.3 Å². The standard InChI is InChI=1S/C12H18O2.CH5N/c1-12-6-7-2-3-9(12)8(5-11(13)14)10(12)4-7;1-2/h7-10H,2-6H2,1H3,(H,13,14);2H2,1H3/t7?,8-,9+,10?,12?;/m0./s1. The molecule has 0 saturated heterocycles. The van der Waals surface area contributed by atoms with E-state index in [1.54, 1.807) is 0 Å². The highest BCUT2D eigenvalue weighted by molar-refractivity contribution is 5.67. The van der Waals surface area contributed by atoms with Crippen LogP contribution in [0, 0.1) is 29.1 Å². The lowest BCUT2D eigenvalue weighted by atomic mass is 9.46. The number of fused-ring (bicyclic) bond motifs is 1. The van der Waals surface area contributed by atoms with Crippen LogP contribution in [-0.2, 0) is 4.79 Å². The Labute approximate surface area is 97.4 Å². The molecular formula is C13H23NO2. The Kier molecular flexibility index (Phi) is 2.99. The molecule has 16 heavy (non-hydrogen) atoms. The zero-order valence-corrected chi connectivity index (χ0v) is 10.3. The zero-order chi connectivity index (χ0) is 11.9. The van der Waals surface area contributed by atoms with Gasteiger partial charge in [-0.25, -0.2) is 0 Å². The van der Waals surface area contributed by atoms with Crippen LogP contribution in [-0.4, -0.2) is 18.1 Å². The van der Waals surface area contributed by atoms with Crippen molar-refractivity contribution in [2.24, 2.45) is 34.8 Å². The maximum Gasteiger partial charge on any atom is 0.303 e. The number of aliphatic carboxylic acids is 1. The molecular weight excluding hydrogens is 202 g/mol. The Bertz CT molecular complexity index is 284. The number of hydrogen-bond acceptors (Lipinski definition) is 2. The summed E-state index contributed by atoms with van der Waals surface area (Å²) in [6.45, 7) is 2.40. The van der Waals surface area contributed by atoms with E-state index in [0.717, 1.165) is 17.8 Å². The summed E-state index contributed by atoms with van der Waals surface area (Å²) in [5.41, 5.74) is 5.04. The summed E-state index contributed by atoms with van der Waals surface area (Å²) in [4.78, 5) is 10.8. The lowest BCUT2D eigenvalue weighted by Crippen LogP contribution is -2.53. The summed E-state index contributed by atoms with van der Waals surface area (Å²) in [6, 6.07) is 0. The molecule has 3 saturated carbocycles. The summed E-state index contributed by atoms with van der Waals surface area (Å²) in [5, 5.41) is 8.88. The topological polar surface area (TPSA) is 63.3 Å². The first-order chi connectivity index (χ1) is 7.61. The largest absolute Gasteiger partial charge is 0.481 e. The van der Waals surface area contributed by atoms with E-state index >= 15 is 0 Å². The monoisotopic (exact) mass is 225 g/mol. The van der Waals surface area contributed by atoms with Crippen molar-refractivity contribution < 1.29 is 9.90 Å². The maximum atomic E-state index is 10.8. The molecule has 0 spiro atoms. The highest BCUT2D eigenvalue weighted by atomic mass is 16.4. The summed E-state index contributed by atoms with van der Waals surface area (Å²) < 4.78 is 0. The predicted octanol–water partition coefficient (Wildman–Crippen LogP) is 2.11. The second kappa shape index (κ2) is 4.02. The van der Waals surface area contributed by atoms with Gasteiger partial charge in [0.2, 0.25) is 0 Å². The van der Waals surface area contributed by atoms with Gasteiger partial charge in [0.1, 0.15) is 0 Å². The molecule has 3 nitrogen and oxygen atoms in total. The van der Waals surface area contributed by atoms with E-state index in [-0.39, 0.29) is 0 Å². The van der Waals surface area contributed by atoms with Crippen molar-refractivity contribution in [1.82, 2.24) is 0 Å². The van der Waals surface area contributed by atoms with Crippen LogP contribution < -0.4 is 5.73 Å². The number of carbonyl (C=O) groups is 1. The molecule has 3 unspecified atom stereocenters. The Morgan fingerprint density at radius 2 is 2.06 bits per heavy atom. The second-order valence-electron chi connectivity index (χ2n) is 5.86. The third-order valence-electron chi connectivity index (χ3n) is 5.34. The molecule has 0 aliphatic heterocycles. The van der Waals surface area contributed by atoms with Crippen LogP contribution in [0.5, 0.6) is 0 Å². The van der Waals surface area contributed by atoms with Crippen molar-refractivity contribution in [1.29, 1.82) is 0 Å². The van der Waals surface area contributed by atoms with Gasteiger partial charge >= 0.3 is 5.97 Å². The first-order valence-electron chi connectivity index (χ1n) is 6.41. The molecule has 0 heterocycles. The predicted molar refractivity (Wildman–Crippen MR) is 62.9 cm³/mol. The quantitative estimate of drug-likeness (QED) is 0.756. The van der Waals surface area contributed by atoms with Gasteiger partial charge in [0.25, 0.3) is 0 Å². The highest BCUT2D eigenvalue weighted by Gasteiger charge is 2.64. The average molecular weight is 225 g/mol.